The van der Waals surface area contributed by atoms with E-state index in [1.165, 1.54) is 6.07 Å². The fraction of sp³-hybridized carbons (Fsp3) is 0.450. The van der Waals surface area contributed by atoms with Crippen molar-refractivity contribution in [3.05, 3.63) is 58.8 Å². The summed E-state index contributed by atoms with van der Waals surface area (Å²) in [5.74, 6) is 2.27. The lowest BCUT2D eigenvalue weighted by Crippen LogP contribution is -2.38. The van der Waals surface area contributed by atoms with E-state index < -0.39 is 0 Å². The van der Waals surface area contributed by atoms with E-state index in [2.05, 4.69) is 15.6 Å². The molecule has 2 rings (SSSR count). The second-order valence-corrected chi connectivity index (χ2v) is 6.67. The fourth-order valence-electron chi connectivity index (χ4n) is 2.64. The van der Waals surface area contributed by atoms with Gasteiger partial charge in [-0.25, -0.2) is 9.38 Å². The Kier molecular flexibility index (Phi) is 7.21. The van der Waals surface area contributed by atoms with E-state index in [4.69, 9.17) is 4.42 Å². The van der Waals surface area contributed by atoms with E-state index >= 15 is 0 Å². The molecular weight excluding hydrogens is 331 g/mol. The molecule has 142 valence electrons. The van der Waals surface area contributed by atoms with Gasteiger partial charge in [0.1, 0.15) is 17.3 Å². The number of guanidine groups is 1. The van der Waals surface area contributed by atoms with E-state index in [0.717, 1.165) is 23.6 Å². The molecule has 1 unspecified atom stereocenters. The van der Waals surface area contributed by atoms with Gasteiger partial charge in [-0.3, -0.25) is 0 Å². The molecule has 0 radical (unpaired) electrons. The van der Waals surface area contributed by atoms with Gasteiger partial charge in [0.2, 0.25) is 0 Å². The van der Waals surface area contributed by atoms with Crippen LogP contribution in [0.5, 0.6) is 0 Å². The van der Waals surface area contributed by atoms with Crippen LogP contribution in [0.1, 0.15) is 42.5 Å². The maximum atomic E-state index is 13.9. The largest absolute Gasteiger partial charge is 0.464 e. The molecule has 2 aromatic rings. The molecule has 1 aromatic heterocycles. The Labute approximate surface area is 155 Å². The normalized spacial score (nSPS) is 13.1. The summed E-state index contributed by atoms with van der Waals surface area (Å²) in [6, 6.07) is 9.08. The second-order valence-electron chi connectivity index (χ2n) is 6.67. The number of hydrogen-bond acceptors (Lipinski definition) is 3. The third kappa shape index (κ3) is 5.88. The highest BCUT2D eigenvalue weighted by molar-refractivity contribution is 5.80. The highest BCUT2D eigenvalue weighted by Gasteiger charge is 2.11. The summed E-state index contributed by atoms with van der Waals surface area (Å²) in [5.41, 5.74) is 1.65. The van der Waals surface area contributed by atoms with Gasteiger partial charge in [0.05, 0.1) is 12.6 Å². The van der Waals surface area contributed by atoms with E-state index in [9.17, 15) is 4.39 Å². The van der Waals surface area contributed by atoms with Crippen LogP contribution >= 0.6 is 0 Å². The van der Waals surface area contributed by atoms with Gasteiger partial charge in [-0.2, -0.15) is 0 Å². The molecule has 0 saturated heterocycles. The minimum Gasteiger partial charge on any atom is -0.464 e. The van der Waals surface area contributed by atoms with Crippen LogP contribution < -0.4 is 10.6 Å². The average Bonchev–Trinajstić information content (AvgIpc) is 3.01. The van der Waals surface area contributed by atoms with Gasteiger partial charge >= 0.3 is 0 Å². The summed E-state index contributed by atoms with van der Waals surface area (Å²) < 4.78 is 19.6. The maximum absolute atomic E-state index is 13.9. The molecule has 0 aliphatic heterocycles. The van der Waals surface area contributed by atoms with Crippen LogP contribution in [-0.2, 0) is 13.1 Å². The first kappa shape index (κ1) is 20.0. The van der Waals surface area contributed by atoms with Crippen LogP contribution in [0.15, 0.2) is 39.7 Å². The Hall–Kier alpha value is -2.34. The number of nitrogens with one attached hydrogen (secondary N) is 2. The molecule has 0 amide bonds. The van der Waals surface area contributed by atoms with E-state index in [-0.39, 0.29) is 11.9 Å². The van der Waals surface area contributed by atoms with Crippen molar-refractivity contribution in [2.45, 2.75) is 39.9 Å². The number of benzene rings is 1. The Morgan fingerprint density at radius 1 is 1.27 bits per heavy atom. The van der Waals surface area contributed by atoms with Crippen molar-refractivity contribution >= 4 is 5.96 Å². The Bertz CT molecular complexity index is 739. The quantitative estimate of drug-likeness (QED) is 0.585. The number of rotatable bonds is 7. The zero-order valence-corrected chi connectivity index (χ0v) is 16.3. The summed E-state index contributed by atoms with van der Waals surface area (Å²) in [7, 11) is 3.85. The molecule has 1 aromatic carbocycles. The first-order chi connectivity index (χ1) is 12.4. The van der Waals surface area contributed by atoms with Gasteiger partial charge in [0, 0.05) is 18.7 Å². The third-order valence-electron chi connectivity index (χ3n) is 3.90. The van der Waals surface area contributed by atoms with Gasteiger partial charge < -0.3 is 20.0 Å². The lowest BCUT2D eigenvalue weighted by molar-refractivity contribution is 0.392. The van der Waals surface area contributed by atoms with Gasteiger partial charge in [-0.15, -0.1) is 0 Å². The van der Waals surface area contributed by atoms with E-state index in [1.54, 1.807) is 6.07 Å². The van der Waals surface area contributed by atoms with Crippen molar-refractivity contribution in [2.75, 3.05) is 20.6 Å². The van der Waals surface area contributed by atoms with Crippen molar-refractivity contribution in [3.63, 3.8) is 0 Å². The van der Waals surface area contributed by atoms with Crippen molar-refractivity contribution in [2.24, 2.45) is 4.99 Å². The van der Waals surface area contributed by atoms with Gasteiger partial charge in [-0.05, 0) is 64.7 Å². The molecular formula is C20H29FN4O. The van der Waals surface area contributed by atoms with Crippen LogP contribution in [-0.4, -0.2) is 31.5 Å². The number of halogens is 1. The average molecular weight is 360 g/mol. The number of nitrogens with zero attached hydrogens (tertiary/aromatic N) is 2. The lowest BCUT2D eigenvalue weighted by atomic mass is 10.1. The fourth-order valence-corrected chi connectivity index (χ4v) is 2.64. The molecule has 1 atom stereocenters. The minimum absolute atomic E-state index is 0.000908. The summed E-state index contributed by atoms with van der Waals surface area (Å²) in [5, 5.41) is 6.57. The predicted octanol–water partition coefficient (Wildman–Crippen LogP) is 3.61. The van der Waals surface area contributed by atoms with Crippen molar-refractivity contribution in [1.82, 2.24) is 15.5 Å². The van der Waals surface area contributed by atoms with Crippen LogP contribution in [0, 0.1) is 12.7 Å². The Morgan fingerprint density at radius 2 is 2.04 bits per heavy atom. The first-order valence-electron chi connectivity index (χ1n) is 8.92. The summed E-state index contributed by atoms with van der Waals surface area (Å²) >= 11 is 0. The van der Waals surface area contributed by atoms with E-state index in [0.29, 0.717) is 24.6 Å². The van der Waals surface area contributed by atoms with Gasteiger partial charge in [0.15, 0.2) is 5.96 Å². The zero-order chi connectivity index (χ0) is 19.1. The SMILES string of the molecule is CCNC(=NCc1ccc(F)c(CN(C)C)c1)NC(C)c1ccc(C)o1. The van der Waals surface area contributed by atoms with Gasteiger partial charge in [-0.1, -0.05) is 6.07 Å². The van der Waals surface area contributed by atoms with E-state index in [1.807, 2.05) is 58.0 Å². The van der Waals surface area contributed by atoms with Crippen molar-refractivity contribution in [3.8, 4) is 0 Å². The van der Waals surface area contributed by atoms with Gasteiger partial charge in [0.25, 0.3) is 0 Å². The van der Waals surface area contributed by atoms with Crippen LogP contribution in [0.2, 0.25) is 0 Å². The Morgan fingerprint density at radius 3 is 2.65 bits per heavy atom. The summed E-state index contributed by atoms with van der Waals surface area (Å²) in [6.07, 6.45) is 0. The highest BCUT2D eigenvalue weighted by Crippen LogP contribution is 2.16. The molecule has 2 N–H and O–H groups in total. The predicted molar refractivity (Wildman–Crippen MR) is 104 cm³/mol. The summed E-state index contributed by atoms with van der Waals surface area (Å²) in [4.78, 5) is 6.57. The molecule has 0 spiro atoms. The maximum Gasteiger partial charge on any atom is 0.192 e. The summed E-state index contributed by atoms with van der Waals surface area (Å²) in [6.45, 7) is 7.77. The molecule has 6 heteroatoms. The molecule has 0 aliphatic carbocycles. The van der Waals surface area contributed by atoms with Crippen LogP contribution in [0.3, 0.4) is 0 Å². The standard InChI is InChI=1S/C20H29FN4O/c1-6-22-20(24-15(3)19-10-7-14(2)26-19)23-12-16-8-9-18(21)17(11-16)13-25(4)5/h7-11,15H,6,12-13H2,1-5H3,(H2,22,23,24). The first-order valence-corrected chi connectivity index (χ1v) is 8.92. The smallest absolute Gasteiger partial charge is 0.192 e. The number of furan rings is 1. The van der Waals surface area contributed by atoms with Crippen molar-refractivity contribution in [1.29, 1.82) is 0 Å². The molecule has 5 nitrogen and oxygen atoms in total. The molecule has 0 bridgehead atoms. The molecule has 0 fully saturated rings. The van der Waals surface area contributed by atoms with Crippen molar-refractivity contribution < 1.29 is 8.81 Å². The zero-order valence-electron chi connectivity index (χ0n) is 16.3. The number of hydrogen-bond donors (Lipinski definition) is 2. The number of aliphatic imine (C=N–C) groups is 1. The number of aryl methyl sites for hydroxylation is 1. The minimum atomic E-state index is -0.182. The highest BCUT2D eigenvalue weighted by atomic mass is 19.1. The Balaban J connectivity index is 2.08. The second kappa shape index (κ2) is 9.38. The lowest BCUT2D eigenvalue weighted by Gasteiger charge is -2.16. The molecule has 1 heterocycles. The molecule has 0 saturated carbocycles. The molecule has 26 heavy (non-hydrogen) atoms. The van der Waals surface area contributed by atoms with Crippen LogP contribution in [0.4, 0.5) is 4.39 Å². The monoisotopic (exact) mass is 360 g/mol. The third-order valence-corrected chi connectivity index (χ3v) is 3.90. The topological polar surface area (TPSA) is 52.8 Å². The molecule has 0 aliphatic rings. The van der Waals surface area contributed by atoms with Crippen LogP contribution in [0.25, 0.3) is 0 Å².